The Kier molecular flexibility index (Phi) is 5.75. The summed E-state index contributed by atoms with van der Waals surface area (Å²) in [5.74, 6) is -1.56. The Hall–Kier alpha value is -1.88. The number of carbonyl (C=O) groups excluding carboxylic acids is 2. The number of carbonyl (C=O) groups is 2. The molecule has 0 atom stereocenters. The van der Waals surface area contributed by atoms with Crippen molar-refractivity contribution in [3.8, 4) is 0 Å². The fraction of sp³-hybridized carbons (Fsp3) is 0.400. The molecule has 0 bridgehead atoms. The van der Waals surface area contributed by atoms with Gasteiger partial charge < -0.3 is 5.32 Å². The third kappa shape index (κ3) is 4.86. The van der Waals surface area contributed by atoms with E-state index in [1.165, 1.54) is 12.8 Å². The van der Waals surface area contributed by atoms with Gasteiger partial charge in [-0.2, -0.15) is 5.10 Å². The molecule has 1 aliphatic carbocycles. The van der Waals surface area contributed by atoms with E-state index in [-0.39, 0.29) is 0 Å². The lowest BCUT2D eigenvalue weighted by Gasteiger charge is -2.06. The van der Waals surface area contributed by atoms with E-state index in [0.29, 0.717) is 10.7 Å². The standard InChI is InChI=1S/C15H18ClN3O2/c16-12-9-5-6-10-13(12)17-14(20)15(21)19-18-11-7-3-1-2-4-8-11/h5-6,9-10H,1-4,7-8H2,(H,17,20)(H,19,21). The Balaban J connectivity index is 1.89. The van der Waals surface area contributed by atoms with Crippen LogP contribution in [0.4, 0.5) is 5.69 Å². The second-order valence-corrected chi connectivity index (χ2v) is 5.37. The fourth-order valence-corrected chi connectivity index (χ4v) is 2.35. The Morgan fingerprint density at radius 2 is 1.67 bits per heavy atom. The van der Waals surface area contributed by atoms with Gasteiger partial charge in [-0.05, 0) is 37.8 Å². The first-order chi connectivity index (χ1) is 10.2. The first-order valence-corrected chi connectivity index (χ1v) is 7.46. The highest BCUT2D eigenvalue weighted by atomic mass is 35.5. The van der Waals surface area contributed by atoms with Gasteiger partial charge in [0.15, 0.2) is 0 Å². The summed E-state index contributed by atoms with van der Waals surface area (Å²) in [5.41, 5.74) is 3.67. The van der Waals surface area contributed by atoms with Gasteiger partial charge in [0.2, 0.25) is 0 Å². The summed E-state index contributed by atoms with van der Waals surface area (Å²) in [6.45, 7) is 0. The lowest BCUT2D eigenvalue weighted by Crippen LogP contribution is -2.33. The molecule has 1 aromatic rings. The molecule has 112 valence electrons. The molecule has 1 aromatic carbocycles. The monoisotopic (exact) mass is 307 g/mol. The van der Waals surface area contributed by atoms with Crippen LogP contribution in [0.15, 0.2) is 29.4 Å². The van der Waals surface area contributed by atoms with Crippen LogP contribution in [0.1, 0.15) is 38.5 Å². The van der Waals surface area contributed by atoms with Crippen LogP contribution >= 0.6 is 11.6 Å². The second kappa shape index (κ2) is 7.78. The van der Waals surface area contributed by atoms with Crippen LogP contribution < -0.4 is 10.7 Å². The molecule has 2 rings (SSSR count). The lowest BCUT2D eigenvalue weighted by molar-refractivity contribution is -0.136. The predicted octanol–water partition coefficient (Wildman–Crippen LogP) is 3.10. The minimum atomic E-state index is -0.785. The number of hydrogen-bond donors (Lipinski definition) is 2. The van der Waals surface area contributed by atoms with Crippen molar-refractivity contribution in [2.75, 3.05) is 5.32 Å². The molecule has 0 radical (unpaired) electrons. The molecule has 0 saturated heterocycles. The van der Waals surface area contributed by atoms with Gasteiger partial charge in [0.05, 0.1) is 10.7 Å². The van der Waals surface area contributed by atoms with E-state index in [9.17, 15) is 9.59 Å². The molecule has 6 heteroatoms. The van der Waals surface area contributed by atoms with Crippen molar-refractivity contribution in [3.05, 3.63) is 29.3 Å². The normalized spacial score (nSPS) is 15.0. The van der Waals surface area contributed by atoms with Crippen molar-refractivity contribution in [2.45, 2.75) is 38.5 Å². The van der Waals surface area contributed by atoms with Gasteiger partial charge in [-0.25, -0.2) is 5.43 Å². The molecule has 0 aromatic heterocycles. The van der Waals surface area contributed by atoms with E-state index in [1.54, 1.807) is 24.3 Å². The largest absolute Gasteiger partial charge is 0.329 e. The van der Waals surface area contributed by atoms with Crippen LogP contribution in [0.2, 0.25) is 5.02 Å². The maximum atomic E-state index is 11.8. The zero-order valence-electron chi connectivity index (χ0n) is 11.7. The lowest BCUT2D eigenvalue weighted by atomic mass is 10.2. The molecule has 0 aliphatic heterocycles. The van der Waals surface area contributed by atoms with Crippen LogP contribution in [0.3, 0.4) is 0 Å². The summed E-state index contributed by atoms with van der Waals surface area (Å²) in [4.78, 5) is 23.5. The number of halogens is 1. The van der Waals surface area contributed by atoms with Gasteiger partial charge in [0.1, 0.15) is 0 Å². The number of hydrogen-bond acceptors (Lipinski definition) is 3. The molecule has 5 nitrogen and oxygen atoms in total. The number of nitrogens with zero attached hydrogens (tertiary/aromatic N) is 1. The van der Waals surface area contributed by atoms with Gasteiger partial charge in [0.25, 0.3) is 0 Å². The summed E-state index contributed by atoms with van der Waals surface area (Å²) in [6, 6.07) is 6.74. The number of para-hydroxylation sites is 1. The maximum Gasteiger partial charge on any atom is 0.329 e. The zero-order valence-corrected chi connectivity index (χ0v) is 12.4. The number of amides is 2. The van der Waals surface area contributed by atoms with Crippen LogP contribution in [0.5, 0.6) is 0 Å². The predicted molar refractivity (Wildman–Crippen MR) is 83.4 cm³/mol. The van der Waals surface area contributed by atoms with Gasteiger partial charge in [0, 0.05) is 5.71 Å². The number of hydrazone groups is 1. The first-order valence-electron chi connectivity index (χ1n) is 7.08. The quantitative estimate of drug-likeness (QED) is 0.501. The number of benzene rings is 1. The molecule has 1 fully saturated rings. The summed E-state index contributed by atoms with van der Waals surface area (Å²) in [5, 5.41) is 6.89. The molecule has 2 N–H and O–H groups in total. The zero-order chi connectivity index (χ0) is 15.1. The van der Waals surface area contributed by atoms with Crippen molar-refractivity contribution in [2.24, 2.45) is 5.10 Å². The van der Waals surface area contributed by atoms with Gasteiger partial charge in [-0.1, -0.05) is 36.6 Å². The van der Waals surface area contributed by atoms with Crippen molar-refractivity contribution >= 4 is 34.8 Å². The molecule has 0 heterocycles. The van der Waals surface area contributed by atoms with Gasteiger partial charge in [-0.3, -0.25) is 9.59 Å². The number of nitrogens with one attached hydrogen (secondary N) is 2. The Labute approximate surface area is 128 Å². The fourth-order valence-electron chi connectivity index (χ4n) is 2.17. The summed E-state index contributed by atoms with van der Waals surface area (Å²) in [6.07, 6.45) is 6.32. The molecular formula is C15H18ClN3O2. The van der Waals surface area contributed by atoms with Gasteiger partial charge in [-0.15, -0.1) is 0 Å². The van der Waals surface area contributed by atoms with E-state index in [4.69, 9.17) is 11.6 Å². The van der Waals surface area contributed by atoms with Gasteiger partial charge >= 0.3 is 11.8 Å². The van der Waals surface area contributed by atoms with Crippen LogP contribution in [0.25, 0.3) is 0 Å². The Morgan fingerprint density at radius 3 is 2.33 bits per heavy atom. The Morgan fingerprint density at radius 1 is 1.00 bits per heavy atom. The molecule has 0 spiro atoms. The third-order valence-corrected chi connectivity index (χ3v) is 3.65. The van der Waals surface area contributed by atoms with E-state index < -0.39 is 11.8 Å². The minimum absolute atomic E-state index is 0.383. The third-order valence-electron chi connectivity index (χ3n) is 3.32. The van der Waals surface area contributed by atoms with E-state index >= 15 is 0 Å². The molecule has 1 saturated carbocycles. The summed E-state index contributed by atoms with van der Waals surface area (Å²) >= 11 is 5.92. The van der Waals surface area contributed by atoms with Crippen LogP contribution in [0, 0.1) is 0 Å². The molecule has 2 amide bonds. The summed E-state index contributed by atoms with van der Waals surface area (Å²) < 4.78 is 0. The van der Waals surface area contributed by atoms with Crippen molar-refractivity contribution in [3.63, 3.8) is 0 Å². The molecular weight excluding hydrogens is 290 g/mol. The smallest absolute Gasteiger partial charge is 0.316 e. The van der Waals surface area contributed by atoms with Crippen LogP contribution in [-0.2, 0) is 9.59 Å². The number of anilines is 1. The topological polar surface area (TPSA) is 70.6 Å². The highest BCUT2D eigenvalue weighted by Crippen LogP contribution is 2.20. The SMILES string of the molecule is O=C(NN=C1CCCCCC1)C(=O)Nc1ccccc1Cl. The highest BCUT2D eigenvalue weighted by molar-refractivity contribution is 6.41. The molecule has 0 unspecified atom stereocenters. The minimum Gasteiger partial charge on any atom is -0.316 e. The second-order valence-electron chi connectivity index (χ2n) is 4.97. The van der Waals surface area contributed by atoms with Crippen LogP contribution in [-0.4, -0.2) is 17.5 Å². The molecule has 21 heavy (non-hydrogen) atoms. The van der Waals surface area contributed by atoms with E-state index in [2.05, 4.69) is 15.8 Å². The van der Waals surface area contributed by atoms with Crippen molar-refractivity contribution in [1.82, 2.24) is 5.43 Å². The first kappa shape index (κ1) is 15.5. The maximum absolute atomic E-state index is 11.8. The number of rotatable bonds is 2. The van der Waals surface area contributed by atoms with E-state index in [1.807, 2.05) is 0 Å². The average Bonchev–Trinajstić information content (AvgIpc) is 2.75. The van der Waals surface area contributed by atoms with E-state index in [0.717, 1.165) is 31.4 Å². The summed E-state index contributed by atoms with van der Waals surface area (Å²) in [7, 11) is 0. The Bertz CT molecular complexity index is 548. The van der Waals surface area contributed by atoms with Crippen molar-refractivity contribution < 1.29 is 9.59 Å². The van der Waals surface area contributed by atoms with Crippen molar-refractivity contribution in [1.29, 1.82) is 0 Å². The average molecular weight is 308 g/mol. The highest BCUT2D eigenvalue weighted by Gasteiger charge is 2.15. The molecule has 1 aliphatic rings.